The molecule has 0 saturated carbocycles. The van der Waals surface area contributed by atoms with Gasteiger partial charge in [-0.2, -0.15) is 0 Å². The number of methoxy groups -OCH3 is 1. The van der Waals surface area contributed by atoms with E-state index in [0.717, 1.165) is 24.9 Å². The van der Waals surface area contributed by atoms with E-state index < -0.39 is 5.82 Å². The van der Waals surface area contributed by atoms with E-state index in [1.807, 2.05) is 6.92 Å². The van der Waals surface area contributed by atoms with Crippen molar-refractivity contribution in [1.29, 1.82) is 0 Å². The number of hydrogen-bond acceptors (Lipinski definition) is 3. The molecule has 1 saturated heterocycles. The normalized spacial score (nSPS) is 19.0. The van der Waals surface area contributed by atoms with Crippen molar-refractivity contribution in [2.75, 3.05) is 19.0 Å². The molecule has 1 aromatic carbocycles. The zero-order valence-corrected chi connectivity index (χ0v) is 13.1. The van der Waals surface area contributed by atoms with E-state index in [9.17, 15) is 9.18 Å². The lowest BCUT2D eigenvalue weighted by molar-refractivity contribution is -0.120. The summed E-state index contributed by atoms with van der Waals surface area (Å²) < 4.78 is 18.7. The second-order valence-electron chi connectivity index (χ2n) is 5.78. The first-order valence-electron chi connectivity index (χ1n) is 7.34. The summed E-state index contributed by atoms with van der Waals surface area (Å²) in [6.45, 7) is 6.94. The van der Waals surface area contributed by atoms with Gasteiger partial charge in [-0.05, 0) is 51.8 Å². The lowest BCUT2D eigenvalue weighted by Crippen LogP contribution is -2.43. The van der Waals surface area contributed by atoms with E-state index in [-0.39, 0.29) is 17.7 Å². The Morgan fingerprint density at radius 2 is 2.19 bits per heavy atom. The van der Waals surface area contributed by atoms with Crippen LogP contribution in [0.15, 0.2) is 12.1 Å². The van der Waals surface area contributed by atoms with E-state index in [4.69, 9.17) is 4.74 Å². The highest BCUT2D eigenvalue weighted by Gasteiger charge is 2.32. The average Bonchev–Trinajstić information content (AvgIpc) is 2.92. The van der Waals surface area contributed by atoms with Crippen molar-refractivity contribution >= 4 is 11.6 Å². The van der Waals surface area contributed by atoms with Gasteiger partial charge < -0.3 is 10.1 Å². The number of aryl methyl sites for hydroxylation is 1. The molecule has 116 valence electrons. The van der Waals surface area contributed by atoms with Crippen LogP contribution in [-0.4, -0.2) is 36.5 Å². The smallest absolute Gasteiger partial charge is 0.241 e. The molecular weight excluding hydrogens is 271 g/mol. The summed E-state index contributed by atoms with van der Waals surface area (Å²) in [5, 5.41) is 2.85. The monoisotopic (exact) mass is 294 g/mol. The minimum Gasteiger partial charge on any atom is -0.494 e. The van der Waals surface area contributed by atoms with Gasteiger partial charge in [-0.25, -0.2) is 4.39 Å². The summed E-state index contributed by atoms with van der Waals surface area (Å²) >= 11 is 0. The Hall–Kier alpha value is -1.62. The van der Waals surface area contributed by atoms with Crippen molar-refractivity contribution in [3.05, 3.63) is 23.5 Å². The molecule has 2 rings (SSSR count). The van der Waals surface area contributed by atoms with Crippen molar-refractivity contribution in [1.82, 2.24) is 4.90 Å². The molecule has 0 bridgehead atoms. The lowest BCUT2D eigenvalue weighted by atomic mass is 10.1. The standard InChI is InChI=1S/C16H23FN2O2/c1-10(2)19-7-5-6-14(19)16(20)18-13-9-12(17)15(21-4)8-11(13)3/h8-10,14H,5-7H2,1-4H3,(H,18,20). The van der Waals surface area contributed by atoms with Crippen LogP contribution in [0.1, 0.15) is 32.3 Å². The number of nitrogens with zero attached hydrogens (tertiary/aromatic N) is 1. The van der Waals surface area contributed by atoms with Gasteiger partial charge in [-0.3, -0.25) is 9.69 Å². The fourth-order valence-corrected chi connectivity index (χ4v) is 2.85. The minimum absolute atomic E-state index is 0.0612. The van der Waals surface area contributed by atoms with Crippen molar-refractivity contribution in [2.45, 2.75) is 45.7 Å². The quantitative estimate of drug-likeness (QED) is 0.928. The maximum Gasteiger partial charge on any atom is 0.241 e. The second-order valence-corrected chi connectivity index (χ2v) is 5.78. The van der Waals surface area contributed by atoms with Gasteiger partial charge in [-0.15, -0.1) is 0 Å². The van der Waals surface area contributed by atoms with Crippen molar-refractivity contribution in [2.24, 2.45) is 0 Å². The van der Waals surface area contributed by atoms with E-state index in [0.29, 0.717) is 11.7 Å². The van der Waals surface area contributed by atoms with Crippen LogP contribution in [0.2, 0.25) is 0 Å². The number of rotatable bonds is 4. The Morgan fingerprint density at radius 1 is 1.48 bits per heavy atom. The third kappa shape index (κ3) is 3.35. The summed E-state index contributed by atoms with van der Waals surface area (Å²) in [7, 11) is 1.43. The van der Waals surface area contributed by atoms with Gasteiger partial charge in [0.2, 0.25) is 5.91 Å². The van der Waals surface area contributed by atoms with Crippen LogP contribution in [-0.2, 0) is 4.79 Å². The highest BCUT2D eigenvalue weighted by Crippen LogP contribution is 2.27. The fourth-order valence-electron chi connectivity index (χ4n) is 2.85. The number of ether oxygens (including phenoxy) is 1. The van der Waals surface area contributed by atoms with Crippen LogP contribution in [0.5, 0.6) is 5.75 Å². The molecule has 4 nitrogen and oxygen atoms in total. The first kappa shape index (κ1) is 15.8. The molecule has 1 aliphatic heterocycles. The molecule has 0 radical (unpaired) electrons. The van der Waals surface area contributed by atoms with Crippen LogP contribution in [0, 0.1) is 12.7 Å². The van der Waals surface area contributed by atoms with Crippen molar-refractivity contribution < 1.29 is 13.9 Å². The summed E-state index contributed by atoms with van der Waals surface area (Å²) in [5.74, 6) is -0.338. The highest BCUT2D eigenvalue weighted by molar-refractivity contribution is 5.95. The number of benzene rings is 1. The number of likely N-dealkylation sites (tertiary alicyclic amines) is 1. The Morgan fingerprint density at radius 3 is 2.81 bits per heavy atom. The van der Waals surface area contributed by atoms with Crippen LogP contribution in [0.4, 0.5) is 10.1 Å². The number of hydrogen-bond donors (Lipinski definition) is 1. The van der Waals surface area contributed by atoms with Crippen molar-refractivity contribution in [3.8, 4) is 5.75 Å². The molecule has 0 spiro atoms. The zero-order valence-electron chi connectivity index (χ0n) is 13.1. The second kappa shape index (κ2) is 6.43. The maximum absolute atomic E-state index is 13.8. The van der Waals surface area contributed by atoms with Crippen LogP contribution in [0.3, 0.4) is 0 Å². The minimum atomic E-state index is -0.467. The van der Waals surface area contributed by atoms with Gasteiger partial charge >= 0.3 is 0 Å². The average molecular weight is 294 g/mol. The Kier molecular flexibility index (Phi) is 4.83. The molecule has 1 aliphatic rings. The summed E-state index contributed by atoms with van der Waals surface area (Å²) in [5.41, 5.74) is 1.30. The SMILES string of the molecule is COc1cc(C)c(NC(=O)C2CCCN2C(C)C)cc1F. The topological polar surface area (TPSA) is 41.6 Å². The van der Waals surface area contributed by atoms with Crippen LogP contribution in [0.25, 0.3) is 0 Å². The summed E-state index contributed by atoms with van der Waals surface area (Å²) in [6, 6.07) is 3.12. The molecule has 0 aromatic heterocycles. The largest absolute Gasteiger partial charge is 0.494 e. The van der Waals surface area contributed by atoms with E-state index in [1.54, 1.807) is 6.07 Å². The van der Waals surface area contributed by atoms with Crippen LogP contribution >= 0.6 is 0 Å². The summed E-state index contributed by atoms with van der Waals surface area (Å²) in [4.78, 5) is 14.6. The first-order valence-corrected chi connectivity index (χ1v) is 7.34. The molecule has 21 heavy (non-hydrogen) atoms. The van der Waals surface area contributed by atoms with Gasteiger partial charge in [0, 0.05) is 17.8 Å². The highest BCUT2D eigenvalue weighted by atomic mass is 19.1. The molecule has 5 heteroatoms. The molecule has 1 atom stereocenters. The Bertz CT molecular complexity index is 531. The number of halogens is 1. The fraction of sp³-hybridized carbons (Fsp3) is 0.562. The van der Waals surface area contributed by atoms with E-state index in [1.165, 1.54) is 13.2 Å². The molecule has 1 unspecified atom stereocenters. The van der Waals surface area contributed by atoms with E-state index >= 15 is 0 Å². The molecule has 1 heterocycles. The molecular formula is C16H23FN2O2. The Labute approximate surface area is 125 Å². The van der Waals surface area contributed by atoms with Crippen LogP contribution < -0.4 is 10.1 Å². The molecule has 0 aliphatic carbocycles. The van der Waals surface area contributed by atoms with Gasteiger partial charge in [0.25, 0.3) is 0 Å². The van der Waals surface area contributed by atoms with Gasteiger partial charge in [0.05, 0.1) is 13.2 Å². The van der Waals surface area contributed by atoms with Crippen molar-refractivity contribution in [3.63, 3.8) is 0 Å². The number of carbonyl (C=O) groups is 1. The number of carbonyl (C=O) groups excluding carboxylic acids is 1. The third-order valence-electron chi connectivity index (χ3n) is 4.02. The Balaban J connectivity index is 2.14. The van der Waals surface area contributed by atoms with Gasteiger partial charge in [-0.1, -0.05) is 0 Å². The molecule has 1 aromatic rings. The van der Waals surface area contributed by atoms with Gasteiger partial charge in [0.15, 0.2) is 11.6 Å². The third-order valence-corrected chi connectivity index (χ3v) is 4.02. The van der Waals surface area contributed by atoms with E-state index in [2.05, 4.69) is 24.1 Å². The number of nitrogens with one attached hydrogen (secondary N) is 1. The molecule has 1 fully saturated rings. The predicted octanol–water partition coefficient (Wildman–Crippen LogP) is 2.95. The predicted molar refractivity (Wildman–Crippen MR) is 81.2 cm³/mol. The maximum atomic E-state index is 13.8. The lowest BCUT2D eigenvalue weighted by Gasteiger charge is -2.27. The molecule has 1 N–H and O–H groups in total. The number of amides is 1. The first-order chi connectivity index (χ1) is 9.93. The number of anilines is 1. The zero-order chi connectivity index (χ0) is 15.6. The van der Waals surface area contributed by atoms with Gasteiger partial charge in [0.1, 0.15) is 0 Å². The molecule has 1 amide bonds. The summed E-state index contributed by atoms with van der Waals surface area (Å²) in [6.07, 6.45) is 1.87.